The highest BCUT2D eigenvalue weighted by Crippen LogP contribution is 2.44. The molecule has 5 heteroatoms. The van der Waals surface area contributed by atoms with Gasteiger partial charge >= 0.3 is 0 Å². The highest BCUT2D eigenvalue weighted by molar-refractivity contribution is 6.52. The molecule has 0 aromatic heterocycles. The van der Waals surface area contributed by atoms with Crippen molar-refractivity contribution in [1.82, 2.24) is 0 Å². The smallest absolute Gasteiger partial charge is 0.300 e. The minimum atomic E-state index is -0.776. The first kappa shape index (κ1) is 25.3. The summed E-state index contributed by atoms with van der Waals surface area (Å²) in [6.45, 7) is 8.30. The fraction of sp³-hybridized carbons (Fsp3) is 0.312. The van der Waals surface area contributed by atoms with Gasteiger partial charge in [-0.1, -0.05) is 74.8 Å². The van der Waals surface area contributed by atoms with E-state index >= 15 is 0 Å². The number of aryl methyl sites for hydroxylation is 3. The number of carbonyl (C=O) groups is 2. The number of aliphatic hydroxyl groups is 1. The van der Waals surface area contributed by atoms with Crippen LogP contribution in [0.1, 0.15) is 73.0 Å². The van der Waals surface area contributed by atoms with Gasteiger partial charge in [0.05, 0.1) is 11.6 Å². The number of Topliss-reactive ketones (excluding diaryl/α,β-unsaturated/α-hetero) is 1. The Balaban J connectivity index is 1.71. The van der Waals surface area contributed by atoms with E-state index in [0.717, 1.165) is 42.4 Å². The van der Waals surface area contributed by atoms with Gasteiger partial charge in [0.2, 0.25) is 0 Å². The van der Waals surface area contributed by atoms with Crippen molar-refractivity contribution in [3.05, 3.63) is 105 Å². The molecule has 0 bridgehead atoms. The molecule has 3 aromatic carbocycles. The maximum atomic E-state index is 13.6. The number of benzene rings is 3. The first-order valence-corrected chi connectivity index (χ1v) is 13.2. The molecule has 1 saturated heterocycles. The van der Waals surface area contributed by atoms with E-state index in [1.54, 1.807) is 12.1 Å². The molecule has 37 heavy (non-hydrogen) atoms. The second-order valence-electron chi connectivity index (χ2n) is 11.2. The summed E-state index contributed by atoms with van der Waals surface area (Å²) in [5.41, 5.74) is 6.37. The first-order valence-electron chi connectivity index (χ1n) is 12.9. The number of amides is 1. The van der Waals surface area contributed by atoms with Gasteiger partial charge < -0.3 is 5.11 Å². The third-order valence-corrected chi connectivity index (χ3v) is 7.82. The Kier molecular flexibility index (Phi) is 6.49. The van der Waals surface area contributed by atoms with Crippen LogP contribution in [-0.2, 0) is 27.8 Å². The maximum absolute atomic E-state index is 13.6. The van der Waals surface area contributed by atoms with E-state index in [0.29, 0.717) is 16.3 Å². The summed E-state index contributed by atoms with van der Waals surface area (Å²) in [6, 6.07) is 18.3. The minimum Gasteiger partial charge on any atom is -0.507 e. The predicted octanol–water partition coefficient (Wildman–Crippen LogP) is 7.45. The second-order valence-corrected chi connectivity index (χ2v) is 11.6. The molecule has 4 nitrogen and oxygen atoms in total. The van der Waals surface area contributed by atoms with Gasteiger partial charge in [-0.05, 0) is 84.0 Å². The summed E-state index contributed by atoms with van der Waals surface area (Å²) in [4.78, 5) is 28.6. The van der Waals surface area contributed by atoms with Crippen LogP contribution in [0.15, 0.2) is 66.2 Å². The molecule has 1 aliphatic carbocycles. The molecule has 2 aliphatic rings. The van der Waals surface area contributed by atoms with Gasteiger partial charge in [-0.25, -0.2) is 0 Å². The van der Waals surface area contributed by atoms with E-state index in [-0.39, 0.29) is 16.7 Å². The number of aliphatic hydroxyl groups excluding tert-OH is 1. The lowest BCUT2D eigenvalue weighted by Gasteiger charge is -2.28. The molecule has 1 aliphatic heterocycles. The molecule has 1 atom stereocenters. The van der Waals surface area contributed by atoms with E-state index < -0.39 is 17.7 Å². The molecule has 5 rings (SSSR count). The number of hydrogen-bond donors (Lipinski definition) is 1. The highest BCUT2D eigenvalue weighted by atomic mass is 35.5. The van der Waals surface area contributed by atoms with Gasteiger partial charge in [-0.15, -0.1) is 0 Å². The molecule has 0 spiro atoms. The van der Waals surface area contributed by atoms with Crippen molar-refractivity contribution >= 4 is 34.7 Å². The molecule has 190 valence electrons. The lowest BCUT2D eigenvalue weighted by Crippen LogP contribution is -2.30. The van der Waals surface area contributed by atoms with E-state index in [9.17, 15) is 14.7 Å². The van der Waals surface area contributed by atoms with Crippen LogP contribution in [0.3, 0.4) is 0 Å². The van der Waals surface area contributed by atoms with Gasteiger partial charge in [0.1, 0.15) is 5.76 Å². The summed E-state index contributed by atoms with van der Waals surface area (Å²) >= 11 is 6.32. The normalized spacial score (nSPS) is 19.3. The molecule has 1 unspecified atom stereocenters. The number of rotatable bonds is 3. The van der Waals surface area contributed by atoms with Crippen LogP contribution in [0.4, 0.5) is 5.69 Å². The summed E-state index contributed by atoms with van der Waals surface area (Å²) in [6.07, 6.45) is 4.24. The molecule has 1 amide bonds. The zero-order chi connectivity index (χ0) is 26.5. The molecule has 1 N–H and O–H groups in total. The highest BCUT2D eigenvalue weighted by Gasteiger charge is 2.47. The van der Waals surface area contributed by atoms with Crippen LogP contribution < -0.4 is 4.90 Å². The van der Waals surface area contributed by atoms with Crippen LogP contribution in [-0.4, -0.2) is 16.8 Å². The molecule has 0 radical (unpaired) electrons. The largest absolute Gasteiger partial charge is 0.507 e. The van der Waals surface area contributed by atoms with Crippen LogP contribution in [0.5, 0.6) is 0 Å². The average Bonchev–Trinajstić information content (AvgIpc) is 3.14. The Morgan fingerprint density at radius 1 is 0.919 bits per heavy atom. The quantitative estimate of drug-likeness (QED) is 0.225. The fourth-order valence-electron chi connectivity index (χ4n) is 5.44. The third kappa shape index (κ3) is 4.59. The maximum Gasteiger partial charge on any atom is 0.300 e. The number of anilines is 1. The van der Waals surface area contributed by atoms with Gasteiger partial charge in [0.25, 0.3) is 11.7 Å². The number of nitrogens with zero attached hydrogens (tertiary/aromatic N) is 1. The molecule has 3 aromatic rings. The van der Waals surface area contributed by atoms with E-state index in [2.05, 4.69) is 20.8 Å². The first-order chi connectivity index (χ1) is 17.6. The Bertz CT molecular complexity index is 1430. The van der Waals surface area contributed by atoms with Crippen molar-refractivity contribution in [3.8, 4) is 0 Å². The van der Waals surface area contributed by atoms with Crippen LogP contribution in [0.2, 0.25) is 5.02 Å². The van der Waals surface area contributed by atoms with Crippen LogP contribution in [0.25, 0.3) is 5.76 Å². The Hall–Kier alpha value is -3.37. The van der Waals surface area contributed by atoms with Crippen molar-refractivity contribution in [3.63, 3.8) is 0 Å². The molecule has 1 fully saturated rings. The Labute approximate surface area is 223 Å². The summed E-state index contributed by atoms with van der Waals surface area (Å²) in [5, 5.41) is 12.0. The predicted molar refractivity (Wildman–Crippen MR) is 149 cm³/mol. The van der Waals surface area contributed by atoms with Crippen molar-refractivity contribution < 1.29 is 14.7 Å². The topological polar surface area (TPSA) is 57.6 Å². The van der Waals surface area contributed by atoms with Crippen molar-refractivity contribution in [2.75, 3.05) is 4.90 Å². The molecular formula is C32H32ClNO3. The van der Waals surface area contributed by atoms with Crippen molar-refractivity contribution in [2.24, 2.45) is 0 Å². The average molecular weight is 514 g/mol. The van der Waals surface area contributed by atoms with Crippen molar-refractivity contribution in [2.45, 2.75) is 64.8 Å². The Morgan fingerprint density at radius 3 is 2.27 bits per heavy atom. The van der Waals surface area contributed by atoms with Gasteiger partial charge in [0, 0.05) is 16.3 Å². The minimum absolute atomic E-state index is 0.0486. The summed E-state index contributed by atoms with van der Waals surface area (Å²) in [7, 11) is 0. The fourth-order valence-corrected chi connectivity index (χ4v) is 5.61. The van der Waals surface area contributed by atoms with E-state index in [1.807, 2.05) is 55.5 Å². The van der Waals surface area contributed by atoms with E-state index in [4.69, 9.17) is 11.6 Å². The summed E-state index contributed by atoms with van der Waals surface area (Å²) < 4.78 is 0. The SMILES string of the molecule is Cc1ccc(Cl)cc1N1C(=O)C(=O)/C(=C(\O)c2ccc3c(c2)CCCC3)C1c1ccc(C(C)(C)C)cc1. The number of carbonyl (C=O) groups excluding carboxylic acids is 2. The number of halogens is 1. The summed E-state index contributed by atoms with van der Waals surface area (Å²) in [5.74, 6) is -1.51. The lowest BCUT2D eigenvalue weighted by atomic mass is 9.85. The lowest BCUT2D eigenvalue weighted by molar-refractivity contribution is -0.132. The van der Waals surface area contributed by atoms with Gasteiger partial charge in [0.15, 0.2) is 0 Å². The van der Waals surface area contributed by atoms with Crippen molar-refractivity contribution in [1.29, 1.82) is 0 Å². The second kappa shape index (κ2) is 9.50. The number of hydrogen-bond acceptors (Lipinski definition) is 3. The molecular weight excluding hydrogens is 482 g/mol. The van der Waals surface area contributed by atoms with Gasteiger partial charge in [-0.3, -0.25) is 14.5 Å². The molecule has 0 saturated carbocycles. The van der Waals surface area contributed by atoms with Crippen LogP contribution >= 0.6 is 11.6 Å². The van der Waals surface area contributed by atoms with Crippen LogP contribution in [0, 0.1) is 6.92 Å². The zero-order valence-electron chi connectivity index (χ0n) is 21.8. The third-order valence-electron chi connectivity index (χ3n) is 7.59. The van der Waals surface area contributed by atoms with Gasteiger partial charge in [-0.2, -0.15) is 0 Å². The zero-order valence-corrected chi connectivity index (χ0v) is 22.5. The standard InChI is InChI=1S/C32H32ClNO3/c1-19-9-16-25(33)18-26(19)34-28(21-12-14-24(15-13-21)32(2,3)4)27(30(36)31(34)37)29(35)23-11-10-20-7-5-6-8-22(20)17-23/h9-18,28,35H,5-8H2,1-4H3/b29-27-. The monoisotopic (exact) mass is 513 g/mol. The number of ketones is 1. The Morgan fingerprint density at radius 2 is 1.59 bits per heavy atom. The number of fused-ring (bicyclic) bond motifs is 1. The molecule has 1 heterocycles. The van der Waals surface area contributed by atoms with E-state index in [1.165, 1.54) is 16.0 Å².